The summed E-state index contributed by atoms with van der Waals surface area (Å²) in [5.74, 6) is 0. The second-order valence-electron chi connectivity index (χ2n) is 3.28. The van der Waals surface area contributed by atoms with Gasteiger partial charge in [-0.25, -0.2) is 10.2 Å². The van der Waals surface area contributed by atoms with Crippen molar-refractivity contribution in [2.24, 2.45) is 5.10 Å². The average Bonchev–Trinajstić information content (AvgIpc) is 2.28. The van der Waals surface area contributed by atoms with Crippen molar-refractivity contribution >= 4 is 23.1 Å². The molecule has 0 aliphatic heterocycles. The molecule has 0 radical (unpaired) electrons. The van der Waals surface area contributed by atoms with Crippen LogP contribution in [0.25, 0.3) is 10.8 Å². The Morgan fingerprint density at radius 2 is 1.94 bits per heavy atom. The molecule has 0 aliphatic rings. The molecule has 0 heterocycles. The van der Waals surface area contributed by atoms with Gasteiger partial charge in [-0.3, -0.25) is 0 Å². The quantitative estimate of drug-likeness (QED) is 0.595. The van der Waals surface area contributed by atoms with E-state index < -0.39 is 6.09 Å². The molecule has 80 valence electrons. The van der Waals surface area contributed by atoms with Gasteiger partial charge >= 0.3 is 6.09 Å². The Kier molecular flexibility index (Phi) is 2.82. The zero-order valence-electron chi connectivity index (χ0n) is 8.42. The molecule has 1 amide bonds. The zero-order chi connectivity index (χ0) is 11.4. The number of carboxylic acid groups (broad SMARTS) is 1. The van der Waals surface area contributed by atoms with Crippen molar-refractivity contribution in [3.05, 3.63) is 48.0 Å². The first-order valence-electron chi connectivity index (χ1n) is 4.76. The molecule has 0 spiro atoms. The Morgan fingerprint density at radius 1 is 1.19 bits per heavy atom. The predicted molar refractivity (Wildman–Crippen MR) is 62.7 cm³/mol. The van der Waals surface area contributed by atoms with Gasteiger partial charge in [0.1, 0.15) is 0 Å². The molecule has 0 aliphatic carbocycles. The Balaban J connectivity index is 2.26. The van der Waals surface area contributed by atoms with E-state index in [1.54, 1.807) is 0 Å². The van der Waals surface area contributed by atoms with E-state index in [2.05, 4.69) is 5.10 Å². The molecule has 2 N–H and O–H groups in total. The van der Waals surface area contributed by atoms with E-state index in [-0.39, 0.29) is 0 Å². The number of benzene rings is 2. The summed E-state index contributed by atoms with van der Waals surface area (Å²) in [5, 5.41) is 14.2. The normalized spacial score (nSPS) is 10.8. The van der Waals surface area contributed by atoms with Gasteiger partial charge in [0.2, 0.25) is 0 Å². The van der Waals surface area contributed by atoms with Crippen LogP contribution in [0.1, 0.15) is 5.56 Å². The summed E-state index contributed by atoms with van der Waals surface area (Å²) >= 11 is 0. The molecule has 0 saturated heterocycles. The topological polar surface area (TPSA) is 61.7 Å². The van der Waals surface area contributed by atoms with Gasteiger partial charge in [-0.1, -0.05) is 36.4 Å². The lowest BCUT2D eigenvalue weighted by atomic mass is 10.1. The maximum Gasteiger partial charge on any atom is 0.425 e. The van der Waals surface area contributed by atoms with Crippen LogP contribution in [0.3, 0.4) is 0 Å². The molecule has 0 saturated carbocycles. The monoisotopic (exact) mass is 214 g/mol. The lowest BCUT2D eigenvalue weighted by Crippen LogP contribution is -2.13. The number of hydrazone groups is 1. The molecule has 4 nitrogen and oxygen atoms in total. The highest BCUT2D eigenvalue weighted by Gasteiger charge is 1.93. The molecule has 4 heteroatoms. The Labute approximate surface area is 92.2 Å². The van der Waals surface area contributed by atoms with Crippen LogP contribution in [0, 0.1) is 0 Å². The van der Waals surface area contributed by atoms with Crippen LogP contribution in [0.15, 0.2) is 47.6 Å². The van der Waals surface area contributed by atoms with E-state index in [1.807, 2.05) is 47.9 Å². The van der Waals surface area contributed by atoms with Crippen LogP contribution in [0.5, 0.6) is 0 Å². The Hall–Kier alpha value is -2.36. The Bertz CT molecular complexity index is 549. The molecule has 0 bridgehead atoms. The third-order valence-electron chi connectivity index (χ3n) is 2.15. The van der Waals surface area contributed by atoms with Crippen molar-refractivity contribution in [1.82, 2.24) is 5.43 Å². The molecule has 16 heavy (non-hydrogen) atoms. The predicted octanol–water partition coefficient (Wildman–Crippen LogP) is 2.44. The molecule has 0 unspecified atom stereocenters. The number of amides is 1. The summed E-state index contributed by atoms with van der Waals surface area (Å²) in [5.41, 5.74) is 2.78. The SMILES string of the molecule is O=C(O)N/N=C/c1ccc2ccccc2c1. The number of hydrogen-bond acceptors (Lipinski definition) is 2. The second-order valence-corrected chi connectivity index (χ2v) is 3.28. The summed E-state index contributed by atoms with van der Waals surface area (Å²) in [6, 6.07) is 13.7. The fourth-order valence-electron chi connectivity index (χ4n) is 1.45. The third kappa shape index (κ3) is 2.36. The maximum atomic E-state index is 10.2. The lowest BCUT2D eigenvalue weighted by molar-refractivity contribution is 0.195. The van der Waals surface area contributed by atoms with E-state index in [1.165, 1.54) is 6.21 Å². The van der Waals surface area contributed by atoms with E-state index in [0.717, 1.165) is 16.3 Å². The van der Waals surface area contributed by atoms with Gasteiger partial charge in [-0.2, -0.15) is 5.10 Å². The van der Waals surface area contributed by atoms with Crippen LogP contribution < -0.4 is 5.43 Å². The second kappa shape index (κ2) is 4.44. The van der Waals surface area contributed by atoms with Gasteiger partial charge in [0.25, 0.3) is 0 Å². The summed E-state index contributed by atoms with van der Waals surface area (Å²) in [6.07, 6.45) is 0.303. The highest BCUT2D eigenvalue weighted by molar-refractivity contribution is 5.90. The molecule has 0 atom stereocenters. The number of carbonyl (C=O) groups is 1. The van der Waals surface area contributed by atoms with Gasteiger partial charge in [-0.05, 0) is 22.4 Å². The van der Waals surface area contributed by atoms with E-state index >= 15 is 0 Å². The molecular weight excluding hydrogens is 204 g/mol. The fraction of sp³-hybridized carbons (Fsp3) is 0. The number of rotatable bonds is 2. The highest BCUT2D eigenvalue weighted by atomic mass is 16.4. The summed E-state index contributed by atoms with van der Waals surface area (Å²) < 4.78 is 0. The minimum atomic E-state index is -1.17. The molecule has 2 aromatic rings. The van der Waals surface area contributed by atoms with Crippen molar-refractivity contribution in [3.8, 4) is 0 Å². The van der Waals surface area contributed by atoms with E-state index in [0.29, 0.717) is 0 Å². The van der Waals surface area contributed by atoms with Crippen LogP contribution in [0.2, 0.25) is 0 Å². The first-order valence-corrected chi connectivity index (χ1v) is 4.76. The largest absolute Gasteiger partial charge is 0.464 e. The highest BCUT2D eigenvalue weighted by Crippen LogP contribution is 2.14. The van der Waals surface area contributed by atoms with Gasteiger partial charge in [0.15, 0.2) is 0 Å². The number of nitrogens with one attached hydrogen (secondary N) is 1. The van der Waals surface area contributed by atoms with Crippen molar-refractivity contribution in [1.29, 1.82) is 0 Å². The van der Waals surface area contributed by atoms with Crippen molar-refractivity contribution in [2.75, 3.05) is 0 Å². The Morgan fingerprint density at radius 3 is 2.69 bits per heavy atom. The zero-order valence-corrected chi connectivity index (χ0v) is 8.42. The lowest BCUT2D eigenvalue weighted by Gasteiger charge is -1.98. The van der Waals surface area contributed by atoms with Crippen LogP contribution in [-0.4, -0.2) is 17.4 Å². The standard InChI is InChI=1S/C12H10N2O2/c15-12(16)14-13-8-9-5-6-10-3-1-2-4-11(10)7-9/h1-8,14H,(H,15,16)/b13-8+. The number of hydrogen-bond donors (Lipinski definition) is 2. The molecule has 2 rings (SSSR count). The van der Waals surface area contributed by atoms with Crippen LogP contribution >= 0.6 is 0 Å². The summed E-state index contributed by atoms with van der Waals surface area (Å²) in [4.78, 5) is 10.2. The van der Waals surface area contributed by atoms with E-state index in [4.69, 9.17) is 5.11 Å². The summed E-state index contributed by atoms with van der Waals surface area (Å²) in [6.45, 7) is 0. The minimum Gasteiger partial charge on any atom is -0.464 e. The van der Waals surface area contributed by atoms with Gasteiger partial charge in [-0.15, -0.1) is 0 Å². The average molecular weight is 214 g/mol. The molecular formula is C12H10N2O2. The fourth-order valence-corrected chi connectivity index (χ4v) is 1.45. The van der Waals surface area contributed by atoms with Gasteiger partial charge < -0.3 is 5.11 Å². The van der Waals surface area contributed by atoms with Crippen molar-refractivity contribution in [3.63, 3.8) is 0 Å². The molecule has 0 fully saturated rings. The smallest absolute Gasteiger partial charge is 0.425 e. The number of fused-ring (bicyclic) bond motifs is 1. The molecule has 2 aromatic carbocycles. The molecule has 0 aromatic heterocycles. The van der Waals surface area contributed by atoms with E-state index in [9.17, 15) is 4.79 Å². The minimum absolute atomic E-state index is 0.854. The van der Waals surface area contributed by atoms with Gasteiger partial charge in [0.05, 0.1) is 6.21 Å². The van der Waals surface area contributed by atoms with Crippen molar-refractivity contribution < 1.29 is 9.90 Å². The first-order chi connectivity index (χ1) is 7.75. The third-order valence-corrected chi connectivity index (χ3v) is 2.15. The number of nitrogens with zero attached hydrogens (tertiary/aromatic N) is 1. The van der Waals surface area contributed by atoms with Crippen LogP contribution in [0.4, 0.5) is 4.79 Å². The summed E-state index contributed by atoms with van der Waals surface area (Å²) in [7, 11) is 0. The van der Waals surface area contributed by atoms with Crippen molar-refractivity contribution in [2.45, 2.75) is 0 Å². The first kappa shape index (κ1) is 10.2. The maximum absolute atomic E-state index is 10.2. The van der Waals surface area contributed by atoms with Crippen LogP contribution in [-0.2, 0) is 0 Å². The van der Waals surface area contributed by atoms with Gasteiger partial charge in [0, 0.05) is 0 Å².